The number of anilines is 2. The van der Waals surface area contributed by atoms with Crippen LogP contribution in [0.2, 0.25) is 5.15 Å². The molecular formula is C14H15ClN4O. The summed E-state index contributed by atoms with van der Waals surface area (Å²) in [5.74, 6) is 1.33. The van der Waals surface area contributed by atoms with Gasteiger partial charge in [-0.1, -0.05) is 11.6 Å². The molecule has 1 aromatic heterocycles. The smallest absolute Gasteiger partial charge is 0.228 e. The number of nitrogens with one attached hydrogen (secondary N) is 2. The number of rotatable bonds is 3. The first-order valence-electron chi connectivity index (χ1n) is 6.43. The van der Waals surface area contributed by atoms with Crippen LogP contribution in [0.5, 0.6) is 5.75 Å². The maximum atomic E-state index is 6.22. The maximum absolute atomic E-state index is 6.22. The molecule has 0 unspecified atom stereocenters. The minimum absolute atomic E-state index is 0.516. The molecule has 1 aromatic carbocycles. The van der Waals surface area contributed by atoms with Crippen LogP contribution in [0.15, 0.2) is 24.3 Å². The predicted molar refractivity (Wildman–Crippen MR) is 78.7 cm³/mol. The van der Waals surface area contributed by atoms with Crippen molar-refractivity contribution in [1.82, 2.24) is 15.3 Å². The van der Waals surface area contributed by atoms with E-state index in [0.29, 0.717) is 11.1 Å². The highest BCUT2D eigenvalue weighted by Gasteiger charge is 2.16. The second-order valence-corrected chi connectivity index (χ2v) is 4.90. The number of fused-ring (bicyclic) bond motifs is 1. The lowest BCUT2D eigenvalue weighted by Gasteiger charge is -2.18. The standard InChI is InChI=1S/C14H15ClN4O/c1-20-10-4-2-9(3-5-10)17-14-18-12-8-16-7-6-11(12)13(15)19-14/h2-5,16H,6-8H2,1H3,(H,17,18,19). The van der Waals surface area contributed by atoms with Gasteiger partial charge in [0.1, 0.15) is 10.9 Å². The average molecular weight is 291 g/mol. The molecule has 1 aliphatic heterocycles. The van der Waals surface area contributed by atoms with E-state index < -0.39 is 0 Å². The maximum Gasteiger partial charge on any atom is 0.228 e. The van der Waals surface area contributed by atoms with Crippen LogP contribution in [0.25, 0.3) is 0 Å². The Bertz CT molecular complexity index is 615. The van der Waals surface area contributed by atoms with E-state index in [4.69, 9.17) is 16.3 Å². The van der Waals surface area contributed by atoms with Crippen LogP contribution in [0.3, 0.4) is 0 Å². The highest BCUT2D eigenvalue weighted by Crippen LogP contribution is 2.24. The Morgan fingerprint density at radius 2 is 2.05 bits per heavy atom. The summed E-state index contributed by atoms with van der Waals surface area (Å²) < 4.78 is 5.12. The normalized spacial score (nSPS) is 13.7. The van der Waals surface area contributed by atoms with Gasteiger partial charge < -0.3 is 15.4 Å². The van der Waals surface area contributed by atoms with Crippen LogP contribution in [0.4, 0.5) is 11.6 Å². The molecule has 6 heteroatoms. The highest BCUT2D eigenvalue weighted by atomic mass is 35.5. The summed E-state index contributed by atoms with van der Waals surface area (Å²) >= 11 is 6.22. The van der Waals surface area contributed by atoms with Crippen molar-refractivity contribution in [3.8, 4) is 5.75 Å². The molecule has 20 heavy (non-hydrogen) atoms. The number of ether oxygens (including phenoxy) is 1. The van der Waals surface area contributed by atoms with E-state index in [1.165, 1.54) is 0 Å². The summed E-state index contributed by atoms with van der Waals surface area (Å²) in [7, 11) is 1.64. The molecule has 5 nitrogen and oxygen atoms in total. The van der Waals surface area contributed by atoms with Gasteiger partial charge in [-0.3, -0.25) is 0 Å². The zero-order valence-electron chi connectivity index (χ0n) is 11.1. The van der Waals surface area contributed by atoms with Gasteiger partial charge in [0.25, 0.3) is 0 Å². The first-order chi connectivity index (χ1) is 9.76. The number of aromatic nitrogens is 2. The molecule has 2 N–H and O–H groups in total. The molecule has 0 aliphatic carbocycles. The van der Waals surface area contributed by atoms with Crippen molar-refractivity contribution in [3.05, 3.63) is 40.7 Å². The molecule has 3 rings (SSSR count). The lowest BCUT2D eigenvalue weighted by molar-refractivity contribution is 0.415. The van der Waals surface area contributed by atoms with Crippen molar-refractivity contribution in [2.75, 3.05) is 19.0 Å². The van der Waals surface area contributed by atoms with Gasteiger partial charge in [0, 0.05) is 17.8 Å². The summed E-state index contributed by atoms with van der Waals surface area (Å²) in [5, 5.41) is 6.97. The lowest BCUT2D eigenvalue weighted by Crippen LogP contribution is -2.25. The topological polar surface area (TPSA) is 59.1 Å². The van der Waals surface area contributed by atoms with Crippen molar-refractivity contribution < 1.29 is 4.74 Å². The third-order valence-electron chi connectivity index (χ3n) is 3.23. The van der Waals surface area contributed by atoms with Crippen molar-refractivity contribution in [1.29, 1.82) is 0 Å². The van der Waals surface area contributed by atoms with Crippen molar-refractivity contribution in [2.45, 2.75) is 13.0 Å². The summed E-state index contributed by atoms with van der Waals surface area (Å²) in [5.41, 5.74) is 2.91. The Balaban J connectivity index is 1.85. The van der Waals surface area contributed by atoms with Gasteiger partial charge >= 0.3 is 0 Å². The van der Waals surface area contributed by atoms with E-state index in [2.05, 4.69) is 20.6 Å². The second-order valence-electron chi connectivity index (χ2n) is 4.54. The summed E-state index contributed by atoms with van der Waals surface area (Å²) in [6.07, 6.45) is 0.872. The van der Waals surface area contributed by atoms with Gasteiger partial charge in [-0.25, -0.2) is 9.97 Å². The number of nitrogens with zero attached hydrogens (tertiary/aromatic N) is 2. The molecule has 1 aliphatic rings. The molecule has 0 fully saturated rings. The SMILES string of the molecule is COc1ccc(Nc2nc(Cl)c3c(n2)CNCC3)cc1. The largest absolute Gasteiger partial charge is 0.497 e. The third-order valence-corrected chi connectivity index (χ3v) is 3.55. The fourth-order valence-corrected chi connectivity index (χ4v) is 2.46. The number of hydrogen-bond acceptors (Lipinski definition) is 5. The van der Waals surface area contributed by atoms with Gasteiger partial charge in [-0.15, -0.1) is 0 Å². The van der Waals surface area contributed by atoms with Crippen molar-refractivity contribution >= 4 is 23.2 Å². The van der Waals surface area contributed by atoms with Crippen molar-refractivity contribution in [3.63, 3.8) is 0 Å². The zero-order valence-corrected chi connectivity index (χ0v) is 11.9. The summed E-state index contributed by atoms with van der Waals surface area (Å²) in [6.45, 7) is 1.65. The Kier molecular flexibility index (Phi) is 3.71. The number of benzene rings is 1. The van der Waals surface area contributed by atoms with Gasteiger partial charge in [0.15, 0.2) is 0 Å². The van der Waals surface area contributed by atoms with Crippen LogP contribution >= 0.6 is 11.6 Å². The Labute approximate surface area is 122 Å². The fourth-order valence-electron chi connectivity index (χ4n) is 2.17. The van der Waals surface area contributed by atoms with Crippen LogP contribution in [0.1, 0.15) is 11.3 Å². The van der Waals surface area contributed by atoms with E-state index in [-0.39, 0.29) is 0 Å². The molecule has 0 bridgehead atoms. The van der Waals surface area contributed by atoms with Gasteiger partial charge in [0.2, 0.25) is 5.95 Å². The molecular weight excluding hydrogens is 276 g/mol. The number of methoxy groups -OCH3 is 1. The third kappa shape index (κ3) is 2.69. The molecule has 0 amide bonds. The van der Waals surface area contributed by atoms with E-state index in [9.17, 15) is 0 Å². The molecule has 0 atom stereocenters. The van der Waals surface area contributed by atoms with E-state index in [1.807, 2.05) is 24.3 Å². The van der Waals surface area contributed by atoms with Gasteiger partial charge in [-0.2, -0.15) is 0 Å². The molecule has 0 radical (unpaired) electrons. The van der Waals surface area contributed by atoms with Crippen LogP contribution in [-0.2, 0) is 13.0 Å². The molecule has 2 heterocycles. The molecule has 0 saturated carbocycles. The number of hydrogen-bond donors (Lipinski definition) is 2. The zero-order chi connectivity index (χ0) is 13.9. The fraction of sp³-hybridized carbons (Fsp3) is 0.286. The average Bonchev–Trinajstić information content (AvgIpc) is 2.48. The van der Waals surface area contributed by atoms with Crippen molar-refractivity contribution in [2.24, 2.45) is 0 Å². The Morgan fingerprint density at radius 1 is 1.25 bits per heavy atom. The van der Waals surface area contributed by atoms with Crippen LogP contribution in [0, 0.1) is 0 Å². The molecule has 104 valence electrons. The second kappa shape index (κ2) is 5.64. The van der Waals surface area contributed by atoms with Crippen LogP contribution < -0.4 is 15.4 Å². The first kappa shape index (κ1) is 13.1. The Hall–Kier alpha value is -1.85. The Morgan fingerprint density at radius 3 is 2.80 bits per heavy atom. The number of halogens is 1. The molecule has 0 spiro atoms. The summed E-state index contributed by atoms with van der Waals surface area (Å²) in [4.78, 5) is 8.82. The van der Waals surface area contributed by atoms with E-state index >= 15 is 0 Å². The highest BCUT2D eigenvalue weighted by molar-refractivity contribution is 6.30. The summed E-state index contributed by atoms with van der Waals surface area (Å²) in [6, 6.07) is 7.58. The van der Waals surface area contributed by atoms with Crippen LogP contribution in [-0.4, -0.2) is 23.6 Å². The van der Waals surface area contributed by atoms with Gasteiger partial charge in [0.05, 0.1) is 12.8 Å². The minimum atomic E-state index is 0.516. The lowest BCUT2D eigenvalue weighted by atomic mass is 10.1. The molecule has 2 aromatic rings. The minimum Gasteiger partial charge on any atom is -0.497 e. The monoisotopic (exact) mass is 290 g/mol. The predicted octanol–water partition coefficient (Wildman–Crippen LogP) is 2.53. The quantitative estimate of drug-likeness (QED) is 0.851. The van der Waals surface area contributed by atoms with E-state index in [0.717, 1.165) is 42.2 Å². The first-order valence-corrected chi connectivity index (χ1v) is 6.81. The van der Waals surface area contributed by atoms with E-state index in [1.54, 1.807) is 7.11 Å². The molecule has 0 saturated heterocycles. The van der Waals surface area contributed by atoms with Gasteiger partial charge in [-0.05, 0) is 37.2 Å².